The van der Waals surface area contributed by atoms with Gasteiger partial charge < -0.3 is 9.64 Å². The molecule has 5 nitrogen and oxygen atoms in total. The van der Waals surface area contributed by atoms with Gasteiger partial charge in [-0.2, -0.15) is 0 Å². The summed E-state index contributed by atoms with van der Waals surface area (Å²) in [5, 5.41) is 1.02. The zero-order chi connectivity index (χ0) is 17.9. The Bertz CT molecular complexity index is 910. The number of benzene rings is 1. The molecular formula is C20H21N3O2S. The van der Waals surface area contributed by atoms with Crippen molar-refractivity contribution in [3.8, 4) is 0 Å². The normalized spacial score (nSPS) is 17.6. The van der Waals surface area contributed by atoms with Gasteiger partial charge in [-0.05, 0) is 49.6 Å². The van der Waals surface area contributed by atoms with E-state index in [9.17, 15) is 4.79 Å². The fraction of sp³-hybridized carbons (Fsp3) is 0.350. The summed E-state index contributed by atoms with van der Waals surface area (Å²) < 4.78 is 7.13. The molecule has 1 saturated heterocycles. The number of likely N-dealkylation sites (tertiary alicyclic amines) is 1. The van der Waals surface area contributed by atoms with E-state index in [0.717, 1.165) is 40.2 Å². The molecule has 1 atom stereocenters. The van der Waals surface area contributed by atoms with Crippen molar-refractivity contribution in [3.63, 3.8) is 0 Å². The number of thiazole rings is 1. The second-order valence-corrected chi connectivity index (χ2v) is 7.84. The summed E-state index contributed by atoms with van der Waals surface area (Å²) in [5.74, 6) is 0.0623. The molecule has 6 heteroatoms. The Morgan fingerprint density at radius 2 is 2.31 bits per heavy atom. The van der Waals surface area contributed by atoms with Gasteiger partial charge in [0.25, 0.3) is 5.91 Å². The van der Waals surface area contributed by atoms with Crippen molar-refractivity contribution in [2.24, 2.45) is 0 Å². The molecule has 1 fully saturated rings. The van der Waals surface area contributed by atoms with Crippen molar-refractivity contribution in [1.29, 1.82) is 0 Å². The predicted octanol–water partition coefficient (Wildman–Crippen LogP) is 3.82. The van der Waals surface area contributed by atoms with E-state index in [1.54, 1.807) is 17.5 Å². The Labute approximate surface area is 156 Å². The summed E-state index contributed by atoms with van der Waals surface area (Å²) >= 11 is 1.65. The highest BCUT2D eigenvalue weighted by molar-refractivity contribution is 7.18. The number of hydrogen-bond donors (Lipinski definition) is 0. The molecule has 0 unspecified atom stereocenters. The smallest absolute Gasteiger partial charge is 0.254 e. The molecule has 0 saturated carbocycles. The Morgan fingerprint density at radius 1 is 1.38 bits per heavy atom. The summed E-state index contributed by atoms with van der Waals surface area (Å²) in [6, 6.07) is 9.72. The number of hydrogen-bond acceptors (Lipinski definition) is 5. The number of carbonyl (C=O) groups is 1. The van der Waals surface area contributed by atoms with E-state index in [4.69, 9.17) is 4.74 Å². The highest BCUT2D eigenvalue weighted by Gasteiger charge is 2.25. The molecule has 0 aliphatic carbocycles. The lowest BCUT2D eigenvalue weighted by Gasteiger charge is -2.32. The number of nitrogens with zero attached hydrogens (tertiary/aromatic N) is 3. The van der Waals surface area contributed by atoms with Crippen LogP contribution in [0, 0.1) is 6.92 Å². The number of piperidine rings is 1. The molecule has 1 amide bonds. The van der Waals surface area contributed by atoms with Gasteiger partial charge in [0, 0.05) is 31.0 Å². The van der Waals surface area contributed by atoms with Crippen LogP contribution >= 0.6 is 11.3 Å². The highest BCUT2D eigenvalue weighted by atomic mass is 32.1. The maximum atomic E-state index is 12.9. The van der Waals surface area contributed by atoms with Crippen molar-refractivity contribution in [1.82, 2.24) is 14.9 Å². The molecule has 1 aliphatic rings. The van der Waals surface area contributed by atoms with Gasteiger partial charge in [-0.15, -0.1) is 11.3 Å². The number of amides is 1. The van der Waals surface area contributed by atoms with Crippen LogP contribution in [-0.2, 0) is 11.3 Å². The van der Waals surface area contributed by atoms with Crippen LogP contribution in [0.5, 0.6) is 0 Å². The topological polar surface area (TPSA) is 55.3 Å². The Hall–Kier alpha value is -2.31. The fourth-order valence-corrected chi connectivity index (χ4v) is 4.12. The van der Waals surface area contributed by atoms with Crippen LogP contribution in [0.15, 0.2) is 42.7 Å². The maximum Gasteiger partial charge on any atom is 0.254 e. The molecule has 3 heterocycles. The van der Waals surface area contributed by atoms with E-state index in [2.05, 4.69) is 9.97 Å². The average molecular weight is 367 g/mol. The Balaban J connectivity index is 1.41. The molecule has 134 valence electrons. The van der Waals surface area contributed by atoms with Gasteiger partial charge >= 0.3 is 0 Å². The van der Waals surface area contributed by atoms with Crippen molar-refractivity contribution in [3.05, 3.63) is 58.9 Å². The minimum Gasteiger partial charge on any atom is -0.372 e. The molecule has 1 aliphatic heterocycles. The van der Waals surface area contributed by atoms with E-state index in [1.165, 1.54) is 0 Å². The van der Waals surface area contributed by atoms with Crippen LogP contribution < -0.4 is 0 Å². The number of aromatic nitrogens is 2. The summed E-state index contributed by atoms with van der Waals surface area (Å²) in [5.41, 5.74) is 2.66. The third kappa shape index (κ3) is 3.76. The second kappa shape index (κ2) is 7.51. The van der Waals surface area contributed by atoms with Gasteiger partial charge in [0.2, 0.25) is 0 Å². The molecule has 4 rings (SSSR count). The second-order valence-electron chi connectivity index (χ2n) is 6.60. The summed E-state index contributed by atoms with van der Waals surface area (Å²) in [6.45, 7) is 3.93. The Morgan fingerprint density at radius 3 is 3.15 bits per heavy atom. The SMILES string of the molecule is Cc1nc2cc(C(=O)N3CCC[C@H](OCc4cccnc4)C3)ccc2s1. The first-order chi connectivity index (χ1) is 12.7. The number of carbonyl (C=O) groups excluding carboxylic acids is 1. The molecule has 26 heavy (non-hydrogen) atoms. The number of aryl methyl sites for hydroxylation is 1. The van der Waals surface area contributed by atoms with Crippen LogP contribution in [0.4, 0.5) is 0 Å². The Kier molecular flexibility index (Phi) is 4.95. The summed E-state index contributed by atoms with van der Waals surface area (Å²) in [6.07, 6.45) is 5.58. The van der Waals surface area contributed by atoms with Crippen molar-refractivity contribution in [2.45, 2.75) is 32.5 Å². The summed E-state index contributed by atoms with van der Waals surface area (Å²) in [7, 11) is 0. The van der Waals surface area contributed by atoms with Gasteiger partial charge in [0.05, 0.1) is 27.9 Å². The lowest BCUT2D eigenvalue weighted by atomic mass is 10.1. The van der Waals surface area contributed by atoms with Crippen molar-refractivity contribution in [2.75, 3.05) is 13.1 Å². The van der Waals surface area contributed by atoms with Crippen LogP contribution in [-0.4, -0.2) is 40.0 Å². The highest BCUT2D eigenvalue weighted by Crippen LogP contribution is 2.24. The van der Waals surface area contributed by atoms with Gasteiger partial charge in [0.15, 0.2) is 0 Å². The number of ether oxygens (including phenoxy) is 1. The first-order valence-corrected chi connectivity index (χ1v) is 9.68. The minimum atomic E-state index is 0.0623. The van der Waals surface area contributed by atoms with Gasteiger partial charge in [-0.3, -0.25) is 9.78 Å². The van der Waals surface area contributed by atoms with Gasteiger partial charge in [-0.25, -0.2) is 4.98 Å². The van der Waals surface area contributed by atoms with E-state index < -0.39 is 0 Å². The molecule has 0 bridgehead atoms. The quantitative estimate of drug-likeness (QED) is 0.703. The third-order valence-corrected chi connectivity index (χ3v) is 5.57. The van der Waals surface area contributed by atoms with Crippen LogP contribution in [0.3, 0.4) is 0 Å². The first-order valence-electron chi connectivity index (χ1n) is 8.86. The standard InChI is InChI=1S/C20H21N3O2S/c1-14-22-18-10-16(6-7-19(18)26-14)20(24)23-9-3-5-17(12-23)25-13-15-4-2-8-21-11-15/h2,4,6-8,10-11,17H,3,5,9,12-13H2,1H3/t17-/m0/s1. The molecule has 0 spiro atoms. The van der Waals surface area contributed by atoms with Crippen LogP contribution in [0.25, 0.3) is 10.2 Å². The first kappa shape index (κ1) is 17.1. The maximum absolute atomic E-state index is 12.9. The van der Waals surface area contributed by atoms with Crippen molar-refractivity contribution < 1.29 is 9.53 Å². The third-order valence-electron chi connectivity index (χ3n) is 4.62. The zero-order valence-electron chi connectivity index (χ0n) is 14.7. The average Bonchev–Trinajstić information content (AvgIpc) is 3.06. The molecule has 3 aromatic rings. The molecule has 1 aromatic carbocycles. The molecule has 0 radical (unpaired) electrons. The summed E-state index contributed by atoms with van der Waals surface area (Å²) in [4.78, 5) is 23.4. The number of rotatable bonds is 4. The van der Waals surface area contributed by atoms with E-state index in [0.29, 0.717) is 18.7 Å². The fourth-order valence-electron chi connectivity index (χ4n) is 3.31. The van der Waals surface area contributed by atoms with E-state index in [1.807, 2.05) is 48.4 Å². The van der Waals surface area contributed by atoms with Gasteiger partial charge in [0.1, 0.15) is 0 Å². The van der Waals surface area contributed by atoms with Gasteiger partial charge in [-0.1, -0.05) is 6.07 Å². The lowest BCUT2D eigenvalue weighted by molar-refractivity contribution is -0.00680. The van der Waals surface area contributed by atoms with Crippen LogP contribution in [0.1, 0.15) is 33.8 Å². The van der Waals surface area contributed by atoms with E-state index in [-0.39, 0.29) is 12.0 Å². The molecule has 0 N–H and O–H groups in total. The largest absolute Gasteiger partial charge is 0.372 e. The van der Waals surface area contributed by atoms with Crippen molar-refractivity contribution >= 4 is 27.5 Å². The monoisotopic (exact) mass is 367 g/mol. The minimum absolute atomic E-state index is 0.0623. The van der Waals surface area contributed by atoms with E-state index >= 15 is 0 Å². The number of fused-ring (bicyclic) bond motifs is 1. The predicted molar refractivity (Wildman–Crippen MR) is 102 cm³/mol. The zero-order valence-corrected chi connectivity index (χ0v) is 15.5. The molecule has 2 aromatic heterocycles. The van der Waals surface area contributed by atoms with Crippen LogP contribution in [0.2, 0.25) is 0 Å². The number of pyridine rings is 1. The lowest BCUT2D eigenvalue weighted by Crippen LogP contribution is -2.43. The molecular weight excluding hydrogens is 346 g/mol.